The van der Waals surface area contributed by atoms with Crippen LogP contribution in [0.15, 0.2) is 48.0 Å². The van der Waals surface area contributed by atoms with Gasteiger partial charge >= 0.3 is 0 Å². The zero-order valence-corrected chi connectivity index (χ0v) is 24.7. The maximum absolute atomic E-state index is 14.4. The topological polar surface area (TPSA) is 104 Å². The molecule has 0 aromatic heterocycles. The van der Waals surface area contributed by atoms with Crippen molar-refractivity contribution in [2.45, 2.75) is 52.0 Å². The molecule has 0 bridgehead atoms. The van der Waals surface area contributed by atoms with Crippen molar-refractivity contribution in [2.75, 3.05) is 12.0 Å². The second kappa shape index (κ2) is 9.39. The van der Waals surface area contributed by atoms with E-state index in [0.717, 1.165) is 16.5 Å². The third kappa shape index (κ3) is 3.78. The molecule has 42 heavy (non-hydrogen) atoms. The Morgan fingerprint density at radius 3 is 2.38 bits per heavy atom. The smallest absolute Gasteiger partial charge is 0.241 e. The molecule has 0 spiro atoms. The molecular formula is C32H32ClFN2O6. The molecule has 6 atom stereocenters. The van der Waals surface area contributed by atoms with E-state index in [2.05, 4.69) is 0 Å². The Morgan fingerprint density at radius 2 is 1.74 bits per heavy atom. The average Bonchev–Trinajstić information content (AvgIpc) is 3.30. The lowest BCUT2D eigenvalue weighted by molar-refractivity contribution is -0.145. The second-order valence-corrected chi connectivity index (χ2v) is 13.3. The molecule has 1 N–H and O–H groups in total. The Labute approximate surface area is 248 Å². The zero-order chi connectivity index (χ0) is 30.5. The van der Waals surface area contributed by atoms with Crippen molar-refractivity contribution in [3.8, 4) is 11.5 Å². The zero-order valence-electron chi connectivity index (χ0n) is 24.0. The summed E-state index contributed by atoms with van der Waals surface area (Å²) < 4.78 is 19.7. The minimum absolute atomic E-state index is 0.0313. The maximum atomic E-state index is 14.4. The number of phenols is 1. The van der Waals surface area contributed by atoms with E-state index in [1.165, 1.54) is 36.3 Å². The van der Waals surface area contributed by atoms with Crippen molar-refractivity contribution in [3.63, 3.8) is 0 Å². The SMILES string of the molecule is COc1cc(O)ccc1[C@H]1C2=CC[C@@H]3C(=O)N(C(C)(C)C)C(=O)[C@@H]3[C@@H]2C[C@H]2C(=O)N(c3ccc(F)c(Cl)c3)C(=O)[C@@]12C. The van der Waals surface area contributed by atoms with Crippen LogP contribution in [-0.4, -0.2) is 46.3 Å². The van der Waals surface area contributed by atoms with Gasteiger partial charge in [-0.15, -0.1) is 0 Å². The van der Waals surface area contributed by atoms with E-state index < -0.39 is 58.2 Å². The fourth-order valence-corrected chi connectivity index (χ4v) is 8.00. The first-order valence-corrected chi connectivity index (χ1v) is 14.4. The highest BCUT2D eigenvalue weighted by molar-refractivity contribution is 6.31. The van der Waals surface area contributed by atoms with Crippen molar-refractivity contribution in [1.29, 1.82) is 0 Å². The van der Waals surface area contributed by atoms with Gasteiger partial charge in [0.1, 0.15) is 17.3 Å². The van der Waals surface area contributed by atoms with Crippen molar-refractivity contribution in [3.05, 3.63) is 64.5 Å². The molecule has 2 aromatic carbocycles. The molecule has 2 heterocycles. The van der Waals surface area contributed by atoms with Crippen LogP contribution >= 0.6 is 11.6 Å². The van der Waals surface area contributed by atoms with Crippen LogP contribution in [0.25, 0.3) is 0 Å². The van der Waals surface area contributed by atoms with Crippen molar-refractivity contribution >= 4 is 40.9 Å². The first-order valence-electron chi connectivity index (χ1n) is 14.0. The third-order valence-electron chi connectivity index (χ3n) is 9.63. The number of methoxy groups -OCH3 is 1. The summed E-state index contributed by atoms with van der Waals surface area (Å²) in [6.45, 7) is 7.20. The van der Waals surface area contributed by atoms with Crippen molar-refractivity contribution in [2.24, 2.45) is 29.1 Å². The van der Waals surface area contributed by atoms with E-state index in [1.807, 2.05) is 26.8 Å². The number of ether oxygens (including phenoxy) is 1. The lowest BCUT2D eigenvalue weighted by Gasteiger charge is -2.49. The second-order valence-electron chi connectivity index (χ2n) is 12.9. The molecule has 2 aliphatic heterocycles. The van der Waals surface area contributed by atoms with Crippen LogP contribution in [0.1, 0.15) is 52.0 Å². The van der Waals surface area contributed by atoms with Crippen LogP contribution in [0.2, 0.25) is 5.02 Å². The van der Waals surface area contributed by atoms with E-state index in [0.29, 0.717) is 17.7 Å². The van der Waals surface area contributed by atoms with E-state index in [4.69, 9.17) is 16.3 Å². The Kier molecular flexibility index (Phi) is 6.35. The number of amides is 4. The molecule has 2 saturated heterocycles. The number of nitrogens with zero attached hydrogens (tertiary/aromatic N) is 2. The molecule has 4 amide bonds. The normalized spacial score (nSPS) is 30.7. The standard InChI is InChI=1S/C32H32ClFN2O6/c1-31(2,3)36-27(38)19-10-9-17-20(25(19)29(36)40)14-21-28(39)35(15-6-11-23(34)22(33)12-15)30(41)32(21,4)26(17)18-8-7-16(37)13-24(18)42-5/h6-9,11-13,19-21,25-26,37H,10,14H2,1-5H3/t19-,20+,21-,25-,26+,32+/m0/s1. The van der Waals surface area contributed by atoms with Crippen LogP contribution in [-0.2, 0) is 19.2 Å². The minimum Gasteiger partial charge on any atom is -0.508 e. The number of imide groups is 2. The first-order chi connectivity index (χ1) is 19.7. The summed E-state index contributed by atoms with van der Waals surface area (Å²) >= 11 is 6.05. The fourth-order valence-electron chi connectivity index (χ4n) is 7.83. The highest BCUT2D eigenvalue weighted by atomic mass is 35.5. The van der Waals surface area contributed by atoms with Crippen LogP contribution in [0.5, 0.6) is 11.5 Å². The highest BCUT2D eigenvalue weighted by Gasteiger charge is 2.68. The van der Waals surface area contributed by atoms with Crippen LogP contribution < -0.4 is 9.64 Å². The number of halogens is 2. The van der Waals surface area contributed by atoms with Gasteiger partial charge in [-0.1, -0.05) is 29.3 Å². The molecule has 10 heteroatoms. The van der Waals surface area contributed by atoms with E-state index in [9.17, 15) is 28.7 Å². The van der Waals surface area contributed by atoms with Crippen LogP contribution in [0.4, 0.5) is 10.1 Å². The number of rotatable bonds is 3. The molecule has 220 valence electrons. The van der Waals surface area contributed by atoms with Gasteiger partial charge in [-0.05, 0) is 70.7 Å². The Bertz CT molecular complexity index is 1600. The number of aromatic hydroxyl groups is 1. The number of fused-ring (bicyclic) bond motifs is 4. The van der Waals surface area contributed by atoms with Gasteiger partial charge in [-0.3, -0.25) is 24.1 Å². The van der Waals surface area contributed by atoms with Gasteiger partial charge < -0.3 is 9.84 Å². The van der Waals surface area contributed by atoms with E-state index in [1.54, 1.807) is 13.0 Å². The molecule has 2 aromatic rings. The molecular weight excluding hydrogens is 563 g/mol. The average molecular weight is 595 g/mol. The molecule has 0 radical (unpaired) electrons. The number of likely N-dealkylation sites (tertiary alicyclic amines) is 1. The number of benzene rings is 2. The Balaban J connectivity index is 1.55. The number of anilines is 1. The quantitative estimate of drug-likeness (QED) is 0.386. The first kappa shape index (κ1) is 28.4. The summed E-state index contributed by atoms with van der Waals surface area (Å²) in [5.74, 6) is -5.11. The van der Waals surface area contributed by atoms with Crippen molar-refractivity contribution in [1.82, 2.24) is 4.90 Å². The van der Waals surface area contributed by atoms with Crippen molar-refractivity contribution < 1.29 is 33.4 Å². The largest absolute Gasteiger partial charge is 0.508 e. The fraction of sp³-hybridized carbons (Fsp3) is 0.438. The van der Waals surface area contributed by atoms with Gasteiger partial charge in [0, 0.05) is 23.1 Å². The number of allylic oxidation sites excluding steroid dienone is 2. The minimum atomic E-state index is -1.31. The number of hydrogen-bond donors (Lipinski definition) is 1. The molecule has 0 unspecified atom stereocenters. The van der Waals surface area contributed by atoms with Gasteiger partial charge in [0.15, 0.2) is 0 Å². The van der Waals surface area contributed by atoms with E-state index in [-0.39, 0.29) is 34.7 Å². The monoisotopic (exact) mass is 594 g/mol. The molecule has 6 rings (SSSR count). The number of hydrogen-bond acceptors (Lipinski definition) is 6. The predicted octanol–water partition coefficient (Wildman–Crippen LogP) is 5.22. The van der Waals surface area contributed by atoms with Gasteiger partial charge in [-0.2, -0.15) is 0 Å². The Morgan fingerprint density at radius 1 is 1.02 bits per heavy atom. The van der Waals surface area contributed by atoms with Crippen LogP contribution in [0.3, 0.4) is 0 Å². The van der Waals surface area contributed by atoms with Crippen LogP contribution in [0, 0.1) is 34.9 Å². The van der Waals surface area contributed by atoms with Gasteiger partial charge in [0.2, 0.25) is 23.6 Å². The maximum Gasteiger partial charge on any atom is 0.241 e. The molecule has 4 aliphatic rings. The number of carbonyl (C=O) groups is 4. The van der Waals surface area contributed by atoms with Gasteiger partial charge in [0.25, 0.3) is 0 Å². The summed E-state index contributed by atoms with van der Waals surface area (Å²) in [5.41, 5.74) is -0.485. The summed E-state index contributed by atoms with van der Waals surface area (Å²) in [6, 6.07) is 8.33. The molecule has 2 aliphatic carbocycles. The number of carbonyl (C=O) groups excluding carboxylic acids is 4. The molecule has 1 saturated carbocycles. The summed E-state index contributed by atoms with van der Waals surface area (Å²) in [7, 11) is 1.46. The molecule has 3 fully saturated rings. The Hall–Kier alpha value is -3.72. The summed E-state index contributed by atoms with van der Waals surface area (Å²) in [4.78, 5) is 58.5. The third-order valence-corrected chi connectivity index (χ3v) is 9.92. The number of phenolic OH excluding ortho intramolecular Hbond substituents is 1. The molecule has 8 nitrogen and oxygen atoms in total. The predicted molar refractivity (Wildman–Crippen MR) is 152 cm³/mol. The lowest BCUT2D eigenvalue weighted by Crippen LogP contribution is -2.49. The lowest BCUT2D eigenvalue weighted by atomic mass is 9.51. The highest BCUT2D eigenvalue weighted by Crippen LogP contribution is 2.64. The van der Waals surface area contributed by atoms with Gasteiger partial charge in [-0.25, -0.2) is 9.29 Å². The summed E-state index contributed by atoms with van der Waals surface area (Å²) in [6.07, 6.45) is 2.47. The van der Waals surface area contributed by atoms with E-state index >= 15 is 0 Å². The summed E-state index contributed by atoms with van der Waals surface area (Å²) in [5, 5.41) is 10.0. The van der Waals surface area contributed by atoms with Gasteiger partial charge in [0.05, 0.1) is 41.0 Å².